The third-order valence-electron chi connectivity index (χ3n) is 13.2. The number of hydrogen-bond acceptors (Lipinski definition) is 7. The summed E-state index contributed by atoms with van der Waals surface area (Å²) in [5.41, 5.74) is 4.76. The summed E-state index contributed by atoms with van der Waals surface area (Å²) in [5.74, 6) is 1.68. The van der Waals surface area contributed by atoms with Crippen molar-refractivity contribution >= 4 is 17.8 Å². The molecule has 1 saturated heterocycles. The van der Waals surface area contributed by atoms with Crippen molar-refractivity contribution in [2.75, 3.05) is 45.7 Å². The monoisotopic (exact) mass is 724 g/mol. The first-order valence-corrected chi connectivity index (χ1v) is 19.9. The minimum atomic E-state index is -0.212. The number of fused-ring (bicyclic) bond motifs is 3. The molecule has 1 unspecified atom stereocenters. The van der Waals surface area contributed by atoms with Crippen molar-refractivity contribution in [2.24, 2.45) is 11.3 Å². The molecule has 10 nitrogen and oxygen atoms in total. The van der Waals surface area contributed by atoms with E-state index in [1.54, 1.807) is 7.11 Å². The summed E-state index contributed by atoms with van der Waals surface area (Å²) in [5, 5.41) is 4.65. The van der Waals surface area contributed by atoms with E-state index in [4.69, 9.17) is 14.5 Å². The van der Waals surface area contributed by atoms with E-state index in [-0.39, 0.29) is 40.4 Å². The van der Waals surface area contributed by atoms with Gasteiger partial charge in [0.1, 0.15) is 17.7 Å². The standard InChI is InChI=1S/C43H60N6O4/c1-30-24-34(10-13-37(30)52-7)43-19-16-42(17-20-43,18-21-43)29-48(38-25-32(14-22-44-38)33-26-45-49(27-33)41(2,3)4)39(50)31-8-11-36(12-9-31)53-40(51)47-23-15-35(28-47)46(5)6/h10,13-14,22,24-27,31,35-36H,8-9,11-12,15-21,23,28-29H2,1-7H3. The zero-order chi connectivity index (χ0) is 37.5. The summed E-state index contributed by atoms with van der Waals surface area (Å²) >= 11 is 0. The number of ether oxygens (including phenoxy) is 2. The third-order valence-corrected chi connectivity index (χ3v) is 13.2. The molecular weight excluding hydrogens is 665 g/mol. The minimum Gasteiger partial charge on any atom is -0.496 e. The fourth-order valence-electron chi connectivity index (χ4n) is 9.53. The van der Waals surface area contributed by atoms with E-state index in [1.165, 1.54) is 11.1 Å². The van der Waals surface area contributed by atoms with Crippen LogP contribution in [0.1, 0.15) is 103 Å². The van der Waals surface area contributed by atoms with Crippen LogP contribution in [0.25, 0.3) is 11.1 Å². The average molecular weight is 725 g/mol. The van der Waals surface area contributed by atoms with Gasteiger partial charge in [0, 0.05) is 49.6 Å². The van der Waals surface area contributed by atoms with E-state index >= 15 is 0 Å². The van der Waals surface area contributed by atoms with Gasteiger partial charge in [-0.05, 0) is 158 Å². The van der Waals surface area contributed by atoms with Crippen molar-refractivity contribution < 1.29 is 19.1 Å². The molecule has 2 bridgehead atoms. The van der Waals surface area contributed by atoms with E-state index in [0.717, 1.165) is 74.2 Å². The third kappa shape index (κ3) is 7.71. The number of methoxy groups -OCH3 is 1. The number of carbonyl (C=O) groups excluding carboxylic acids is 2. The maximum atomic E-state index is 14.8. The highest BCUT2D eigenvalue weighted by atomic mass is 16.6. The molecule has 0 radical (unpaired) electrons. The predicted molar refractivity (Wildman–Crippen MR) is 208 cm³/mol. The van der Waals surface area contributed by atoms with Gasteiger partial charge in [-0.3, -0.25) is 14.4 Å². The normalized spacial score (nSPS) is 27.2. The SMILES string of the molecule is COc1ccc(C23CCC(CN(C(=O)C4CCC(OC(=O)N5CCC(N(C)C)C5)CC4)c4cc(-c5cnn(C(C)(C)C)c5)ccn4)(CC2)CC3)cc1C. The van der Waals surface area contributed by atoms with Crippen LogP contribution in [-0.4, -0.2) is 89.5 Å². The average Bonchev–Trinajstić information content (AvgIpc) is 3.87. The van der Waals surface area contributed by atoms with Gasteiger partial charge in [0.2, 0.25) is 5.91 Å². The van der Waals surface area contributed by atoms with E-state index in [2.05, 4.69) is 82.3 Å². The Bertz CT molecular complexity index is 1760. The lowest BCUT2D eigenvalue weighted by Gasteiger charge is -2.55. The van der Waals surface area contributed by atoms with Crippen LogP contribution < -0.4 is 9.64 Å². The number of hydrogen-bond donors (Lipinski definition) is 0. The quantitative estimate of drug-likeness (QED) is 0.221. The Morgan fingerprint density at radius 1 is 0.943 bits per heavy atom. The van der Waals surface area contributed by atoms with Crippen LogP contribution in [0.4, 0.5) is 10.6 Å². The van der Waals surface area contributed by atoms with Crippen LogP contribution in [0, 0.1) is 18.3 Å². The molecule has 1 aliphatic heterocycles. The van der Waals surface area contributed by atoms with Gasteiger partial charge >= 0.3 is 6.09 Å². The fourth-order valence-corrected chi connectivity index (χ4v) is 9.53. The Morgan fingerprint density at radius 3 is 2.26 bits per heavy atom. The van der Waals surface area contributed by atoms with Crippen molar-refractivity contribution in [3.05, 3.63) is 60.0 Å². The number of likely N-dealkylation sites (N-methyl/N-ethyl adjacent to an activating group) is 1. The molecule has 10 heteroatoms. The van der Waals surface area contributed by atoms with Crippen LogP contribution >= 0.6 is 0 Å². The van der Waals surface area contributed by atoms with Gasteiger partial charge in [0.15, 0.2) is 0 Å². The molecule has 1 atom stereocenters. The summed E-state index contributed by atoms with van der Waals surface area (Å²) in [6, 6.07) is 11.2. The number of nitrogens with zero attached hydrogens (tertiary/aromatic N) is 6. The zero-order valence-electron chi connectivity index (χ0n) is 33.1. The maximum absolute atomic E-state index is 14.8. The van der Waals surface area contributed by atoms with Crippen molar-refractivity contribution in [1.82, 2.24) is 24.6 Å². The molecule has 2 amide bonds. The molecule has 5 fully saturated rings. The van der Waals surface area contributed by atoms with E-state index in [1.807, 2.05) is 32.9 Å². The number of carbonyl (C=O) groups is 2. The van der Waals surface area contributed by atoms with Crippen LogP contribution in [-0.2, 0) is 20.5 Å². The van der Waals surface area contributed by atoms with Crippen molar-refractivity contribution in [2.45, 2.75) is 121 Å². The Morgan fingerprint density at radius 2 is 1.66 bits per heavy atom. The molecule has 0 spiro atoms. The second kappa shape index (κ2) is 14.7. The lowest BCUT2D eigenvalue weighted by molar-refractivity contribution is -0.124. The highest BCUT2D eigenvalue weighted by Crippen LogP contribution is 2.58. The van der Waals surface area contributed by atoms with Crippen molar-refractivity contribution in [3.63, 3.8) is 0 Å². The molecule has 4 aliphatic carbocycles. The summed E-state index contributed by atoms with van der Waals surface area (Å²) < 4.78 is 13.6. The summed E-state index contributed by atoms with van der Waals surface area (Å²) in [6.07, 6.45) is 15.9. The Labute approximate surface area is 316 Å². The Balaban J connectivity index is 1.08. The molecule has 0 N–H and O–H groups in total. The van der Waals surface area contributed by atoms with Gasteiger partial charge in [0.05, 0.1) is 18.8 Å². The first-order valence-electron chi connectivity index (χ1n) is 19.9. The second-order valence-corrected chi connectivity index (χ2v) is 17.8. The molecule has 4 saturated carbocycles. The maximum Gasteiger partial charge on any atom is 0.410 e. The van der Waals surface area contributed by atoms with Crippen LogP contribution in [0.15, 0.2) is 48.9 Å². The summed E-state index contributed by atoms with van der Waals surface area (Å²) in [7, 11) is 5.86. The molecule has 2 aromatic heterocycles. The number of rotatable bonds is 9. The van der Waals surface area contributed by atoms with Gasteiger partial charge in [-0.2, -0.15) is 5.10 Å². The molecule has 3 aromatic rings. The number of anilines is 1. The number of amides is 2. The number of aryl methyl sites for hydroxylation is 1. The van der Waals surface area contributed by atoms with Gasteiger partial charge in [-0.25, -0.2) is 9.78 Å². The molecule has 1 aromatic carbocycles. The van der Waals surface area contributed by atoms with Crippen LogP contribution in [0.3, 0.4) is 0 Å². The van der Waals surface area contributed by atoms with Gasteiger partial charge < -0.3 is 19.3 Å². The second-order valence-electron chi connectivity index (χ2n) is 17.8. The van der Waals surface area contributed by atoms with Gasteiger partial charge in [-0.15, -0.1) is 0 Å². The zero-order valence-corrected chi connectivity index (χ0v) is 33.1. The summed E-state index contributed by atoms with van der Waals surface area (Å²) in [4.78, 5) is 38.7. The van der Waals surface area contributed by atoms with E-state index < -0.39 is 0 Å². The predicted octanol–water partition coefficient (Wildman–Crippen LogP) is 7.97. The largest absolute Gasteiger partial charge is 0.496 e. The van der Waals surface area contributed by atoms with Crippen molar-refractivity contribution in [1.29, 1.82) is 0 Å². The first-order chi connectivity index (χ1) is 25.3. The van der Waals surface area contributed by atoms with Gasteiger partial charge in [-0.1, -0.05) is 12.1 Å². The molecule has 5 aliphatic rings. The highest BCUT2D eigenvalue weighted by molar-refractivity contribution is 5.95. The van der Waals surface area contributed by atoms with Crippen LogP contribution in [0.2, 0.25) is 0 Å². The van der Waals surface area contributed by atoms with E-state index in [9.17, 15) is 9.59 Å². The summed E-state index contributed by atoms with van der Waals surface area (Å²) in [6.45, 7) is 10.7. The van der Waals surface area contributed by atoms with E-state index in [0.29, 0.717) is 44.8 Å². The Hall–Kier alpha value is -3.92. The molecule has 8 rings (SSSR count). The lowest BCUT2D eigenvalue weighted by Crippen LogP contribution is -2.52. The number of likely N-dealkylation sites (tertiary alicyclic amines) is 1. The fraction of sp³-hybridized carbons (Fsp3) is 0.628. The highest BCUT2D eigenvalue weighted by Gasteiger charge is 2.51. The molecule has 286 valence electrons. The van der Waals surface area contributed by atoms with Gasteiger partial charge in [0.25, 0.3) is 0 Å². The lowest BCUT2D eigenvalue weighted by atomic mass is 9.51. The molecule has 3 heterocycles. The van der Waals surface area contributed by atoms with Crippen LogP contribution in [0.5, 0.6) is 5.75 Å². The molecular formula is C43H60N6O4. The smallest absolute Gasteiger partial charge is 0.410 e. The molecule has 53 heavy (non-hydrogen) atoms. The minimum absolute atomic E-state index is 0.0562. The number of benzene rings is 1. The number of aromatic nitrogens is 3. The topological polar surface area (TPSA) is 93.0 Å². The Kier molecular flexibility index (Phi) is 10.4. The van der Waals surface area contributed by atoms with Crippen molar-refractivity contribution in [3.8, 4) is 16.9 Å². The number of pyridine rings is 1. The first kappa shape index (κ1) is 37.4.